The second kappa shape index (κ2) is 4.16. The molecule has 0 aliphatic carbocycles. The minimum Gasteiger partial charge on any atom is -0.392 e. The molecule has 2 nitrogen and oxygen atoms in total. The van der Waals surface area contributed by atoms with Crippen LogP contribution in [0.3, 0.4) is 0 Å². The first-order valence-electron chi connectivity index (χ1n) is 4.07. The van der Waals surface area contributed by atoms with Gasteiger partial charge in [-0.15, -0.1) is 0 Å². The van der Waals surface area contributed by atoms with Crippen molar-refractivity contribution in [3.8, 4) is 0 Å². The van der Waals surface area contributed by atoms with Gasteiger partial charge in [-0.25, -0.2) is 4.39 Å². The maximum atomic E-state index is 12.7. The summed E-state index contributed by atoms with van der Waals surface area (Å²) in [5.41, 5.74) is 4.47. The highest BCUT2D eigenvalue weighted by Gasteiger charge is 2.38. The van der Waals surface area contributed by atoms with Gasteiger partial charge in [-0.05, 0) is 23.3 Å². The summed E-state index contributed by atoms with van der Waals surface area (Å²) in [6.07, 6.45) is -4.61. The van der Waals surface area contributed by atoms with E-state index in [0.29, 0.717) is 0 Å². The zero-order valence-corrected chi connectivity index (χ0v) is 7.55. The fourth-order valence-corrected chi connectivity index (χ4v) is 1.19. The van der Waals surface area contributed by atoms with E-state index in [9.17, 15) is 17.6 Å². The molecule has 0 aliphatic rings. The van der Waals surface area contributed by atoms with Crippen LogP contribution in [0.25, 0.3) is 0 Å². The van der Waals surface area contributed by atoms with Crippen molar-refractivity contribution in [3.05, 3.63) is 35.1 Å². The molecule has 0 aliphatic heterocycles. The first-order chi connectivity index (χ1) is 6.86. The lowest BCUT2D eigenvalue weighted by Crippen LogP contribution is -2.29. The van der Waals surface area contributed by atoms with Crippen molar-refractivity contribution < 1.29 is 22.7 Å². The molecular weight excluding hydrogens is 214 g/mol. The van der Waals surface area contributed by atoms with Gasteiger partial charge in [0.05, 0.1) is 6.61 Å². The van der Waals surface area contributed by atoms with Crippen LogP contribution in [-0.2, 0) is 6.61 Å². The maximum absolute atomic E-state index is 12.7. The molecule has 0 fully saturated rings. The van der Waals surface area contributed by atoms with Gasteiger partial charge in [-0.2, -0.15) is 13.2 Å². The topological polar surface area (TPSA) is 46.2 Å². The van der Waals surface area contributed by atoms with Gasteiger partial charge in [0.2, 0.25) is 0 Å². The third kappa shape index (κ3) is 2.66. The van der Waals surface area contributed by atoms with E-state index in [1.807, 2.05) is 0 Å². The number of benzene rings is 1. The molecule has 84 valence electrons. The average molecular weight is 223 g/mol. The second-order valence-electron chi connectivity index (χ2n) is 3.02. The van der Waals surface area contributed by atoms with Crippen LogP contribution in [-0.4, -0.2) is 11.3 Å². The first-order valence-corrected chi connectivity index (χ1v) is 4.07. The largest absolute Gasteiger partial charge is 0.407 e. The smallest absolute Gasteiger partial charge is 0.392 e. The van der Waals surface area contributed by atoms with Gasteiger partial charge in [0, 0.05) is 0 Å². The van der Waals surface area contributed by atoms with Crippen LogP contribution in [0.5, 0.6) is 0 Å². The van der Waals surface area contributed by atoms with Crippen molar-refractivity contribution in [2.75, 3.05) is 0 Å². The average Bonchev–Trinajstić information content (AvgIpc) is 2.15. The Morgan fingerprint density at radius 3 is 2.40 bits per heavy atom. The van der Waals surface area contributed by atoms with Crippen LogP contribution in [0, 0.1) is 5.82 Å². The van der Waals surface area contributed by atoms with Gasteiger partial charge in [0.25, 0.3) is 0 Å². The Labute approximate surface area is 83.3 Å². The van der Waals surface area contributed by atoms with Gasteiger partial charge in [-0.1, -0.05) is 6.07 Å². The summed E-state index contributed by atoms with van der Waals surface area (Å²) in [5.74, 6) is -0.711. The summed E-state index contributed by atoms with van der Waals surface area (Å²) in [7, 11) is 0. The number of hydrogen-bond acceptors (Lipinski definition) is 2. The van der Waals surface area contributed by atoms with E-state index in [-0.39, 0.29) is 11.1 Å². The lowest BCUT2D eigenvalue weighted by molar-refractivity contribution is -0.149. The number of rotatable bonds is 2. The molecule has 0 radical (unpaired) electrons. The van der Waals surface area contributed by atoms with E-state index in [2.05, 4.69) is 0 Å². The van der Waals surface area contributed by atoms with E-state index >= 15 is 0 Å². The quantitative estimate of drug-likeness (QED) is 0.752. The number of alkyl halides is 3. The van der Waals surface area contributed by atoms with Crippen molar-refractivity contribution in [2.45, 2.75) is 18.8 Å². The van der Waals surface area contributed by atoms with E-state index in [4.69, 9.17) is 10.8 Å². The molecule has 6 heteroatoms. The standard InChI is InChI=1S/C9H9F4NO/c10-6-1-2-7(5(3-6)4-15)8(14)9(11,12)13/h1-3,8,15H,4,14H2/t8-/m1/s1. The summed E-state index contributed by atoms with van der Waals surface area (Å²) in [6, 6.07) is 0.431. The molecule has 0 saturated carbocycles. The van der Waals surface area contributed by atoms with Crippen LogP contribution in [0.2, 0.25) is 0 Å². The van der Waals surface area contributed by atoms with Crippen LogP contribution in [0.4, 0.5) is 17.6 Å². The highest BCUT2D eigenvalue weighted by molar-refractivity contribution is 5.30. The Hall–Kier alpha value is -1.14. The molecule has 0 spiro atoms. The minimum absolute atomic E-state index is 0.153. The number of hydrogen-bond donors (Lipinski definition) is 2. The van der Waals surface area contributed by atoms with E-state index < -0.39 is 24.6 Å². The molecule has 0 bridgehead atoms. The predicted molar refractivity (Wildman–Crippen MR) is 45.3 cm³/mol. The molecule has 0 saturated heterocycles. The van der Waals surface area contributed by atoms with Gasteiger partial charge in [0.15, 0.2) is 0 Å². The Morgan fingerprint density at radius 1 is 1.33 bits per heavy atom. The van der Waals surface area contributed by atoms with E-state index in [1.165, 1.54) is 0 Å². The predicted octanol–water partition coefficient (Wildman–Crippen LogP) is 1.88. The molecule has 0 aromatic heterocycles. The molecule has 3 N–H and O–H groups in total. The van der Waals surface area contributed by atoms with E-state index in [0.717, 1.165) is 18.2 Å². The Morgan fingerprint density at radius 2 is 1.93 bits per heavy atom. The van der Waals surface area contributed by atoms with Crippen molar-refractivity contribution in [2.24, 2.45) is 5.73 Å². The normalized spacial score (nSPS) is 14.0. The van der Waals surface area contributed by atoms with Crippen molar-refractivity contribution in [3.63, 3.8) is 0 Å². The molecule has 0 amide bonds. The SMILES string of the molecule is N[C@H](c1ccc(F)cc1CO)C(F)(F)F. The van der Waals surface area contributed by atoms with Crippen LogP contribution < -0.4 is 5.73 Å². The molecular formula is C9H9F4NO. The summed E-state index contributed by atoms with van der Waals surface area (Å²) in [6.45, 7) is -0.684. The highest BCUT2D eigenvalue weighted by Crippen LogP contribution is 2.32. The van der Waals surface area contributed by atoms with Crippen molar-refractivity contribution in [1.82, 2.24) is 0 Å². The molecule has 1 rings (SSSR count). The van der Waals surface area contributed by atoms with Gasteiger partial charge < -0.3 is 10.8 Å². The first kappa shape index (κ1) is 11.9. The van der Waals surface area contributed by atoms with Gasteiger partial charge >= 0.3 is 6.18 Å². The van der Waals surface area contributed by atoms with Crippen molar-refractivity contribution in [1.29, 1.82) is 0 Å². The fraction of sp³-hybridized carbons (Fsp3) is 0.333. The Kier molecular flexibility index (Phi) is 3.31. The number of aliphatic hydroxyl groups is 1. The summed E-state index contributed by atoms with van der Waals surface area (Å²) in [5, 5.41) is 8.77. The fourth-order valence-electron chi connectivity index (χ4n) is 1.19. The highest BCUT2D eigenvalue weighted by atomic mass is 19.4. The molecule has 1 aromatic carbocycles. The molecule has 0 unspecified atom stereocenters. The number of halogens is 4. The second-order valence-corrected chi connectivity index (χ2v) is 3.02. The molecule has 15 heavy (non-hydrogen) atoms. The van der Waals surface area contributed by atoms with E-state index in [1.54, 1.807) is 0 Å². The Balaban J connectivity index is 3.14. The summed E-state index contributed by atoms with van der Waals surface area (Å²) < 4.78 is 49.4. The maximum Gasteiger partial charge on any atom is 0.407 e. The van der Waals surface area contributed by atoms with Gasteiger partial charge in [-0.3, -0.25) is 0 Å². The third-order valence-corrected chi connectivity index (χ3v) is 1.96. The zero-order chi connectivity index (χ0) is 11.6. The lowest BCUT2D eigenvalue weighted by Gasteiger charge is -2.18. The molecule has 1 aromatic rings. The van der Waals surface area contributed by atoms with Crippen molar-refractivity contribution >= 4 is 0 Å². The number of aliphatic hydroxyl groups excluding tert-OH is 1. The zero-order valence-electron chi connectivity index (χ0n) is 7.55. The minimum atomic E-state index is -4.61. The van der Waals surface area contributed by atoms with Crippen LogP contribution in [0.1, 0.15) is 17.2 Å². The lowest BCUT2D eigenvalue weighted by atomic mass is 10.0. The van der Waals surface area contributed by atoms with Crippen LogP contribution >= 0.6 is 0 Å². The molecule has 0 heterocycles. The van der Waals surface area contributed by atoms with Gasteiger partial charge in [0.1, 0.15) is 11.9 Å². The molecule has 1 atom stereocenters. The number of nitrogens with two attached hydrogens (primary N) is 1. The van der Waals surface area contributed by atoms with Crippen LogP contribution in [0.15, 0.2) is 18.2 Å². The Bertz CT molecular complexity index is 350. The summed E-state index contributed by atoms with van der Waals surface area (Å²) in [4.78, 5) is 0. The third-order valence-electron chi connectivity index (χ3n) is 1.96. The monoisotopic (exact) mass is 223 g/mol. The summed E-state index contributed by atoms with van der Waals surface area (Å²) >= 11 is 0.